The van der Waals surface area contributed by atoms with Gasteiger partial charge in [-0.05, 0) is 67.1 Å². The lowest BCUT2D eigenvalue weighted by molar-refractivity contribution is -0.167. The molecule has 7 atom stereocenters. The fourth-order valence-electron chi connectivity index (χ4n) is 6.89. The van der Waals surface area contributed by atoms with Gasteiger partial charge < -0.3 is 20.1 Å². The van der Waals surface area contributed by atoms with Gasteiger partial charge in [-0.25, -0.2) is 0 Å². The lowest BCUT2D eigenvalue weighted by Gasteiger charge is -2.52. The molecule has 0 aliphatic heterocycles. The predicted octanol–water partition coefficient (Wildman–Crippen LogP) is 2.45. The predicted molar refractivity (Wildman–Crippen MR) is 110 cm³/mol. The van der Waals surface area contributed by atoms with E-state index in [-0.39, 0.29) is 41.3 Å². The number of hydrogen-bond acceptors (Lipinski definition) is 6. The van der Waals surface area contributed by atoms with E-state index in [9.17, 15) is 24.9 Å². The van der Waals surface area contributed by atoms with Crippen LogP contribution >= 0.6 is 0 Å². The molecule has 0 bridgehead atoms. The molecule has 166 valence electrons. The van der Waals surface area contributed by atoms with E-state index in [1.54, 1.807) is 13.0 Å². The molecule has 0 heterocycles. The number of aliphatic hydroxyl groups excluding tert-OH is 3. The molecule has 2 fully saturated rings. The number of carbonyl (C=O) groups is 2. The van der Waals surface area contributed by atoms with Crippen LogP contribution in [0.15, 0.2) is 22.8 Å². The average Bonchev–Trinajstić information content (AvgIpc) is 3.07. The monoisotopic (exact) mass is 418 g/mol. The molecular weight excluding hydrogens is 384 g/mol. The lowest BCUT2D eigenvalue weighted by atomic mass is 9.54. The normalized spacial score (nSPS) is 37.6. The number of aliphatic hydroxyl groups is 3. The third kappa shape index (κ3) is 3.47. The van der Waals surface area contributed by atoms with Crippen molar-refractivity contribution in [3.8, 4) is 0 Å². The minimum atomic E-state index is -1.10. The Morgan fingerprint density at radius 2 is 2.07 bits per heavy atom. The van der Waals surface area contributed by atoms with E-state index in [2.05, 4.69) is 6.92 Å². The molecule has 0 aromatic rings. The summed E-state index contributed by atoms with van der Waals surface area (Å²) in [6, 6.07) is 0. The first-order chi connectivity index (χ1) is 14.3. The van der Waals surface area contributed by atoms with Gasteiger partial charge in [0.2, 0.25) is 0 Å². The van der Waals surface area contributed by atoms with Crippen molar-refractivity contribution >= 4 is 11.8 Å². The quantitative estimate of drug-likeness (QED) is 0.593. The molecule has 4 aliphatic rings. The first-order valence-corrected chi connectivity index (χ1v) is 11.4. The van der Waals surface area contributed by atoms with Gasteiger partial charge in [0.15, 0.2) is 5.78 Å². The number of fused-ring (bicyclic) bond motifs is 4. The molecule has 3 N–H and O–H groups in total. The molecule has 0 spiro atoms. The van der Waals surface area contributed by atoms with E-state index in [1.807, 2.05) is 0 Å². The van der Waals surface area contributed by atoms with Gasteiger partial charge in [0, 0.05) is 24.7 Å². The second-order valence-electron chi connectivity index (χ2n) is 9.79. The first kappa shape index (κ1) is 21.7. The molecule has 4 rings (SSSR count). The van der Waals surface area contributed by atoms with Crippen LogP contribution in [0.5, 0.6) is 0 Å². The standard InChI is InChI=1S/C24H34O6/c1-3-21(29)30-23(20(28)12-25)18-7-6-17-22-16(8-9-24(17,18)2)15-5-4-14(26)10-13(15)11-19(22)27/h10,17-20,22-23,25,27-28H,3-9,11-12H2,1-2H3/t17-,18?,19?,20?,22+,23?,24-/m0/s1. The molecule has 0 amide bonds. The van der Waals surface area contributed by atoms with E-state index in [4.69, 9.17) is 4.74 Å². The number of ketones is 1. The highest BCUT2D eigenvalue weighted by molar-refractivity contribution is 5.93. The van der Waals surface area contributed by atoms with Gasteiger partial charge in [-0.1, -0.05) is 19.4 Å². The van der Waals surface area contributed by atoms with Gasteiger partial charge in [-0.15, -0.1) is 0 Å². The zero-order chi connectivity index (χ0) is 21.6. The first-order valence-electron chi connectivity index (χ1n) is 11.4. The van der Waals surface area contributed by atoms with Gasteiger partial charge in [0.05, 0.1) is 12.7 Å². The fourth-order valence-corrected chi connectivity index (χ4v) is 6.89. The summed E-state index contributed by atoms with van der Waals surface area (Å²) in [5.74, 6) is 0.0333. The summed E-state index contributed by atoms with van der Waals surface area (Å²) in [5, 5.41) is 31.1. The Morgan fingerprint density at radius 3 is 2.77 bits per heavy atom. The Morgan fingerprint density at radius 1 is 1.30 bits per heavy atom. The van der Waals surface area contributed by atoms with E-state index in [1.165, 1.54) is 11.1 Å². The third-order valence-corrected chi connectivity index (χ3v) is 8.35. The molecule has 0 aromatic carbocycles. The van der Waals surface area contributed by atoms with Crippen molar-refractivity contribution < 1.29 is 29.6 Å². The topological polar surface area (TPSA) is 104 Å². The lowest BCUT2D eigenvalue weighted by Crippen LogP contribution is -2.50. The van der Waals surface area contributed by atoms with Crippen LogP contribution in [0.3, 0.4) is 0 Å². The van der Waals surface area contributed by atoms with Crippen LogP contribution in [0.2, 0.25) is 0 Å². The van der Waals surface area contributed by atoms with Crippen LogP contribution in [0, 0.1) is 23.2 Å². The van der Waals surface area contributed by atoms with Gasteiger partial charge in [-0.2, -0.15) is 0 Å². The Labute approximate surface area is 178 Å². The minimum Gasteiger partial charge on any atom is -0.459 e. The largest absolute Gasteiger partial charge is 0.459 e. The van der Waals surface area contributed by atoms with Crippen LogP contribution in [-0.4, -0.2) is 52.0 Å². The second kappa shape index (κ2) is 8.21. The van der Waals surface area contributed by atoms with Crippen molar-refractivity contribution in [2.45, 2.75) is 83.5 Å². The van der Waals surface area contributed by atoms with Crippen LogP contribution < -0.4 is 0 Å². The smallest absolute Gasteiger partial charge is 0.305 e. The maximum absolute atomic E-state index is 12.0. The maximum atomic E-state index is 12.0. The number of allylic oxidation sites excluding steroid dienone is 2. The number of esters is 1. The van der Waals surface area contributed by atoms with Crippen molar-refractivity contribution in [1.29, 1.82) is 0 Å². The van der Waals surface area contributed by atoms with Crippen molar-refractivity contribution in [1.82, 2.24) is 0 Å². The van der Waals surface area contributed by atoms with Crippen molar-refractivity contribution in [2.75, 3.05) is 6.61 Å². The van der Waals surface area contributed by atoms with Crippen LogP contribution in [0.1, 0.15) is 65.2 Å². The molecule has 0 saturated heterocycles. The average molecular weight is 419 g/mol. The van der Waals surface area contributed by atoms with Gasteiger partial charge >= 0.3 is 5.97 Å². The van der Waals surface area contributed by atoms with Gasteiger partial charge in [0.1, 0.15) is 12.2 Å². The molecule has 0 aromatic heterocycles. The summed E-state index contributed by atoms with van der Waals surface area (Å²) in [5.41, 5.74) is 3.45. The highest BCUT2D eigenvalue weighted by Crippen LogP contribution is 2.63. The molecule has 0 radical (unpaired) electrons. The van der Waals surface area contributed by atoms with Crippen molar-refractivity contribution in [3.05, 3.63) is 22.8 Å². The highest BCUT2D eigenvalue weighted by atomic mass is 16.6. The molecule has 30 heavy (non-hydrogen) atoms. The Kier molecular flexibility index (Phi) is 5.94. The summed E-state index contributed by atoms with van der Waals surface area (Å²) in [7, 11) is 0. The summed E-state index contributed by atoms with van der Waals surface area (Å²) in [4.78, 5) is 23.9. The van der Waals surface area contributed by atoms with Gasteiger partial charge in [0.25, 0.3) is 0 Å². The molecule has 4 aliphatic carbocycles. The van der Waals surface area contributed by atoms with Crippen molar-refractivity contribution in [3.63, 3.8) is 0 Å². The zero-order valence-electron chi connectivity index (χ0n) is 18.0. The molecule has 6 nitrogen and oxygen atoms in total. The molecule has 6 heteroatoms. The van der Waals surface area contributed by atoms with Crippen LogP contribution in [0.4, 0.5) is 0 Å². The highest BCUT2D eigenvalue weighted by Gasteiger charge is 2.58. The summed E-state index contributed by atoms with van der Waals surface area (Å²) in [6.45, 7) is 3.49. The Balaban J connectivity index is 1.66. The Hall–Kier alpha value is -1.50. The number of rotatable bonds is 5. The summed E-state index contributed by atoms with van der Waals surface area (Å²) < 4.78 is 5.64. The molecule has 2 saturated carbocycles. The number of carbonyl (C=O) groups excluding carboxylic acids is 2. The zero-order valence-corrected chi connectivity index (χ0v) is 18.0. The minimum absolute atomic E-state index is 0.0521. The fraction of sp³-hybridized carbons (Fsp3) is 0.750. The molecule has 4 unspecified atom stereocenters. The van der Waals surface area contributed by atoms with Gasteiger partial charge in [-0.3, -0.25) is 9.59 Å². The van der Waals surface area contributed by atoms with E-state index in [0.717, 1.165) is 37.7 Å². The number of hydrogen-bond donors (Lipinski definition) is 3. The van der Waals surface area contributed by atoms with Crippen molar-refractivity contribution in [2.24, 2.45) is 23.2 Å². The second-order valence-corrected chi connectivity index (χ2v) is 9.79. The van der Waals surface area contributed by atoms with E-state index < -0.39 is 24.9 Å². The summed E-state index contributed by atoms with van der Waals surface area (Å²) in [6.07, 6.45) is 4.92. The number of ether oxygens (including phenoxy) is 1. The van der Waals surface area contributed by atoms with E-state index >= 15 is 0 Å². The van der Waals surface area contributed by atoms with Crippen LogP contribution in [-0.2, 0) is 14.3 Å². The van der Waals surface area contributed by atoms with Crippen LogP contribution in [0.25, 0.3) is 0 Å². The SMILES string of the molecule is CCC(=O)OC(C(O)CO)C1CC[C@H]2[C@H]3C(=C4CCC(=O)C=C4CC3O)CC[C@]12C. The van der Waals surface area contributed by atoms with E-state index in [0.29, 0.717) is 12.8 Å². The molecular formula is C24H34O6. The summed E-state index contributed by atoms with van der Waals surface area (Å²) >= 11 is 0. The third-order valence-electron chi connectivity index (χ3n) is 8.35. The maximum Gasteiger partial charge on any atom is 0.305 e. The Bertz CT molecular complexity index is 783.